The first-order valence-corrected chi connectivity index (χ1v) is 12.4. The molecular weight excluding hydrogens is 453 g/mol. The topological polar surface area (TPSA) is 40.4 Å². The molecule has 3 aromatic rings. The fraction of sp³-hybridized carbons (Fsp3) is 0.538. The highest BCUT2D eigenvalue weighted by Gasteiger charge is 2.38. The third kappa shape index (κ3) is 4.76. The minimum atomic E-state index is -4.35. The number of nitrogens with zero attached hydrogens (tertiary/aromatic N) is 6. The number of hydrogen-bond acceptors (Lipinski definition) is 5. The van der Waals surface area contributed by atoms with Crippen LogP contribution in [0.1, 0.15) is 48.4 Å². The smallest absolute Gasteiger partial charge is 0.367 e. The summed E-state index contributed by atoms with van der Waals surface area (Å²) in [5.41, 5.74) is 4.16. The van der Waals surface area contributed by atoms with Crippen LogP contribution in [0, 0.1) is 6.92 Å². The number of halogens is 3. The number of piperidine rings is 1. The largest absolute Gasteiger partial charge is 0.406 e. The van der Waals surface area contributed by atoms with Gasteiger partial charge in [0.25, 0.3) is 0 Å². The zero-order valence-corrected chi connectivity index (χ0v) is 20.6. The van der Waals surface area contributed by atoms with Crippen LogP contribution in [-0.2, 0) is 6.54 Å². The lowest BCUT2D eigenvalue weighted by molar-refractivity contribution is -0.140. The van der Waals surface area contributed by atoms with Gasteiger partial charge in [-0.1, -0.05) is 12.1 Å². The molecule has 4 heterocycles. The summed E-state index contributed by atoms with van der Waals surface area (Å²) in [7, 11) is 4.07. The van der Waals surface area contributed by atoms with E-state index in [1.807, 2.05) is 44.3 Å². The Labute approximate surface area is 204 Å². The van der Waals surface area contributed by atoms with Crippen molar-refractivity contribution in [1.29, 1.82) is 0 Å². The predicted octanol–water partition coefficient (Wildman–Crippen LogP) is 4.95. The molecule has 188 valence electrons. The lowest BCUT2D eigenvalue weighted by Crippen LogP contribution is -2.44. The molecule has 2 aromatic heterocycles. The second-order valence-electron chi connectivity index (χ2n) is 9.94. The van der Waals surface area contributed by atoms with Crippen LogP contribution in [0.25, 0.3) is 11.0 Å². The van der Waals surface area contributed by atoms with E-state index in [0.29, 0.717) is 16.9 Å². The third-order valence-electron chi connectivity index (χ3n) is 7.56. The summed E-state index contributed by atoms with van der Waals surface area (Å²) in [5.74, 6) is 0.500. The summed E-state index contributed by atoms with van der Waals surface area (Å²) in [5, 5.41) is 0. The van der Waals surface area contributed by atoms with E-state index in [2.05, 4.69) is 26.7 Å². The van der Waals surface area contributed by atoms with E-state index in [1.165, 1.54) is 4.57 Å². The maximum atomic E-state index is 13.9. The summed E-state index contributed by atoms with van der Waals surface area (Å²) in [6, 6.07) is 9.49. The van der Waals surface area contributed by atoms with Crippen molar-refractivity contribution in [1.82, 2.24) is 24.3 Å². The zero-order chi connectivity index (χ0) is 24.7. The number of aryl methyl sites for hydroxylation is 1. The molecule has 6 nitrogen and oxygen atoms in total. The van der Waals surface area contributed by atoms with E-state index in [0.717, 1.165) is 62.4 Å². The fourth-order valence-electron chi connectivity index (χ4n) is 5.70. The number of fused-ring (bicyclic) bond motifs is 1. The van der Waals surface area contributed by atoms with Crippen molar-refractivity contribution in [3.63, 3.8) is 0 Å². The van der Waals surface area contributed by atoms with Gasteiger partial charge in [-0.25, -0.2) is 4.98 Å². The summed E-state index contributed by atoms with van der Waals surface area (Å²) in [4.78, 5) is 16.1. The van der Waals surface area contributed by atoms with Crippen LogP contribution in [0.4, 0.5) is 18.9 Å². The van der Waals surface area contributed by atoms with E-state index < -0.39 is 12.7 Å². The van der Waals surface area contributed by atoms with Gasteiger partial charge in [-0.15, -0.1) is 0 Å². The number of likely N-dealkylation sites (N-methyl/N-ethyl adjacent to an activating group) is 1. The number of anilines is 1. The second kappa shape index (κ2) is 9.43. The van der Waals surface area contributed by atoms with Gasteiger partial charge < -0.3 is 14.4 Å². The third-order valence-corrected chi connectivity index (χ3v) is 7.56. The first-order valence-electron chi connectivity index (χ1n) is 12.4. The number of hydrogen-bond donors (Lipinski definition) is 0. The average Bonchev–Trinajstić information content (AvgIpc) is 3.17. The summed E-state index contributed by atoms with van der Waals surface area (Å²) >= 11 is 0. The van der Waals surface area contributed by atoms with Crippen molar-refractivity contribution in [2.75, 3.05) is 45.2 Å². The highest BCUT2D eigenvalue weighted by Crippen LogP contribution is 2.42. The lowest BCUT2D eigenvalue weighted by atomic mass is 9.92. The van der Waals surface area contributed by atoms with Crippen molar-refractivity contribution in [2.45, 2.75) is 51.0 Å². The van der Waals surface area contributed by atoms with Gasteiger partial charge >= 0.3 is 6.18 Å². The quantitative estimate of drug-likeness (QED) is 0.522. The Hall–Kier alpha value is -2.65. The molecule has 0 N–H and O–H groups in total. The van der Waals surface area contributed by atoms with Gasteiger partial charge in [-0.2, -0.15) is 13.2 Å². The van der Waals surface area contributed by atoms with Crippen LogP contribution in [-0.4, -0.2) is 70.8 Å². The molecule has 9 heteroatoms. The SMILES string of the molecule is Cc1cccnc1[C@@H]1CCC[C@H](c2nc3cccc(N4CCN(C)CC4)c3n2CC(F)(F)F)N1C. The monoisotopic (exact) mass is 486 g/mol. The summed E-state index contributed by atoms with van der Waals surface area (Å²) in [6.45, 7) is 4.33. The molecule has 1 aromatic carbocycles. The molecule has 0 bridgehead atoms. The number of imidazole rings is 1. The molecular formula is C26H33F3N6. The first kappa shape index (κ1) is 24.1. The van der Waals surface area contributed by atoms with Crippen molar-refractivity contribution in [3.05, 3.63) is 53.6 Å². The Kier molecular flexibility index (Phi) is 6.48. The average molecular weight is 487 g/mol. The molecule has 5 rings (SSSR count). The normalized spacial score (nSPS) is 22.7. The molecule has 0 radical (unpaired) electrons. The minimum absolute atomic E-state index is 0.0474. The van der Waals surface area contributed by atoms with E-state index in [4.69, 9.17) is 4.98 Å². The lowest BCUT2D eigenvalue weighted by Gasteiger charge is -2.39. The van der Waals surface area contributed by atoms with Crippen LogP contribution < -0.4 is 4.90 Å². The van der Waals surface area contributed by atoms with Crippen molar-refractivity contribution >= 4 is 16.7 Å². The number of benzene rings is 1. The Bertz CT molecular complexity index is 1180. The van der Waals surface area contributed by atoms with E-state index in [-0.39, 0.29) is 12.1 Å². The van der Waals surface area contributed by atoms with Crippen molar-refractivity contribution in [2.24, 2.45) is 0 Å². The molecule has 35 heavy (non-hydrogen) atoms. The van der Waals surface area contributed by atoms with Gasteiger partial charge in [0.1, 0.15) is 12.4 Å². The zero-order valence-electron chi connectivity index (χ0n) is 20.6. The molecule has 2 atom stereocenters. The Morgan fingerprint density at radius 1 is 0.971 bits per heavy atom. The number of piperazine rings is 1. The van der Waals surface area contributed by atoms with Gasteiger partial charge in [0, 0.05) is 32.4 Å². The predicted molar refractivity (Wildman–Crippen MR) is 132 cm³/mol. The van der Waals surface area contributed by atoms with Gasteiger partial charge in [0.05, 0.1) is 34.5 Å². The van der Waals surface area contributed by atoms with Crippen LogP contribution >= 0.6 is 0 Å². The van der Waals surface area contributed by atoms with Crippen molar-refractivity contribution < 1.29 is 13.2 Å². The van der Waals surface area contributed by atoms with Crippen LogP contribution in [0.3, 0.4) is 0 Å². The molecule has 2 aliphatic heterocycles. The van der Waals surface area contributed by atoms with Crippen LogP contribution in [0.5, 0.6) is 0 Å². The molecule has 0 amide bonds. The van der Waals surface area contributed by atoms with Crippen LogP contribution in [0.2, 0.25) is 0 Å². The molecule has 2 fully saturated rings. The highest BCUT2D eigenvalue weighted by molar-refractivity contribution is 5.90. The number of aromatic nitrogens is 3. The molecule has 0 saturated carbocycles. The standard InChI is InChI=1S/C26H33F3N6/c1-18-7-6-12-30-23(18)20-9-5-11-22(33(20)3)25-31-19-8-4-10-21(34-15-13-32(2)14-16-34)24(19)35(25)17-26(27,28)29/h4,6-8,10,12,20,22H,5,9,11,13-17H2,1-3H3/t20-,22+/m0/s1. The Balaban J connectivity index is 1.60. The number of para-hydroxylation sites is 1. The highest BCUT2D eigenvalue weighted by atomic mass is 19.4. The van der Waals surface area contributed by atoms with E-state index in [1.54, 1.807) is 6.20 Å². The number of rotatable bonds is 4. The van der Waals surface area contributed by atoms with Gasteiger partial charge in [0.2, 0.25) is 0 Å². The van der Waals surface area contributed by atoms with Gasteiger partial charge in [0.15, 0.2) is 0 Å². The second-order valence-corrected chi connectivity index (χ2v) is 9.94. The van der Waals surface area contributed by atoms with Gasteiger partial charge in [-0.05, 0) is 64.0 Å². The Morgan fingerprint density at radius 3 is 2.43 bits per heavy atom. The number of likely N-dealkylation sites (tertiary alicyclic amines) is 1. The molecule has 0 unspecified atom stereocenters. The van der Waals surface area contributed by atoms with Gasteiger partial charge in [-0.3, -0.25) is 9.88 Å². The molecule has 0 spiro atoms. The Morgan fingerprint density at radius 2 is 1.71 bits per heavy atom. The fourth-order valence-corrected chi connectivity index (χ4v) is 5.70. The maximum Gasteiger partial charge on any atom is 0.406 e. The maximum absolute atomic E-state index is 13.9. The molecule has 0 aliphatic carbocycles. The summed E-state index contributed by atoms with van der Waals surface area (Å²) in [6.07, 6.45) is 0.0554. The molecule has 2 aliphatic rings. The number of alkyl halides is 3. The van der Waals surface area contributed by atoms with E-state index in [9.17, 15) is 13.2 Å². The minimum Gasteiger partial charge on any atom is -0.367 e. The first-order chi connectivity index (χ1) is 16.7. The molecule has 2 saturated heterocycles. The van der Waals surface area contributed by atoms with Crippen LogP contribution in [0.15, 0.2) is 36.5 Å². The van der Waals surface area contributed by atoms with Crippen molar-refractivity contribution in [3.8, 4) is 0 Å². The summed E-state index contributed by atoms with van der Waals surface area (Å²) < 4.78 is 43.2. The number of pyridine rings is 1. The van der Waals surface area contributed by atoms with E-state index >= 15 is 0 Å².